The Morgan fingerprint density at radius 1 is 0.853 bits per heavy atom. The van der Waals surface area contributed by atoms with Crippen LogP contribution in [-0.2, 0) is 10.0 Å². The number of amides is 1. The van der Waals surface area contributed by atoms with Gasteiger partial charge in [-0.15, -0.1) is 0 Å². The topological polar surface area (TPSA) is 88.2 Å². The van der Waals surface area contributed by atoms with Gasteiger partial charge in [-0.25, -0.2) is 8.42 Å². The zero-order valence-corrected chi connectivity index (χ0v) is 20.7. The summed E-state index contributed by atoms with van der Waals surface area (Å²) in [7, 11) is -0.659. The summed E-state index contributed by atoms with van der Waals surface area (Å²) in [5.74, 6) is 0.650. The largest absolute Gasteiger partial charge is 0.497 e. The molecule has 1 amide bonds. The molecular weight excluding hydrogens is 454 g/mol. The minimum Gasteiger partial charge on any atom is -0.497 e. The van der Waals surface area contributed by atoms with Crippen LogP contribution in [0.4, 0.5) is 11.4 Å². The number of ether oxygens (including phenoxy) is 2. The van der Waals surface area contributed by atoms with Crippen molar-refractivity contribution in [2.24, 2.45) is 0 Å². The van der Waals surface area contributed by atoms with Crippen LogP contribution in [0, 0.1) is 0 Å². The molecule has 2 aromatic carbocycles. The first-order valence-electron chi connectivity index (χ1n) is 11.9. The van der Waals surface area contributed by atoms with E-state index in [4.69, 9.17) is 9.47 Å². The number of carbonyl (C=O) groups excluding carboxylic acids is 1. The number of anilines is 2. The third kappa shape index (κ3) is 5.15. The van der Waals surface area contributed by atoms with Gasteiger partial charge < -0.3 is 19.7 Å². The van der Waals surface area contributed by atoms with E-state index < -0.39 is 15.9 Å². The summed E-state index contributed by atoms with van der Waals surface area (Å²) in [6.07, 6.45) is 5.95. The van der Waals surface area contributed by atoms with E-state index in [0.717, 1.165) is 51.6 Å². The molecule has 0 radical (unpaired) electrons. The number of rotatable bonds is 7. The lowest BCUT2D eigenvalue weighted by Crippen LogP contribution is -2.37. The summed E-state index contributed by atoms with van der Waals surface area (Å²) < 4.78 is 39.6. The fourth-order valence-corrected chi connectivity index (χ4v) is 6.36. The lowest BCUT2D eigenvalue weighted by molar-refractivity contribution is 0.102. The van der Waals surface area contributed by atoms with Crippen molar-refractivity contribution in [3.8, 4) is 11.5 Å². The van der Waals surface area contributed by atoms with Crippen LogP contribution in [0.1, 0.15) is 48.9 Å². The van der Waals surface area contributed by atoms with E-state index in [9.17, 15) is 13.2 Å². The maximum atomic E-state index is 13.7. The molecule has 184 valence electrons. The van der Waals surface area contributed by atoms with Crippen molar-refractivity contribution in [2.45, 2.75) is 43.4 Å². The number of piperidine rings is 2. The van der Waals surface area contributed by atoms with Gasteiger partial charge in [-0.2, -0.15) is 4.31 Å². The molecule has 4 rings (SSSR count). The van der Waals surface area contributed by atoms with Gasteiger partial charge in [0.05, 0.1) is 25.6 Å². The fourth-order valence-electron chi connectivity index (χ4n) is 4.61. The molecule has 0 aromatic heterocycles. The molecule has 0 atom stereocenters. The number of carbonyl (C=O) groups is 1. The first-order chi connectivity index (χ1) is 16.4. The molecule has 0 unspecified atom stereocenters. The van der Waals surface area contributed by atoms with Crippen molar-refractivity contribution < 1.29 is 22.7 Å². The molecule has 2 aliphatic heterocycles. The number of nitrogens with one attached hydrogen (secondary N) is 1. The van der Waals surface area contributed by atoms with Gasteiger partial charge in [0.15, 0.2) is 0 Å². The summed E-state index contributed by atoms with van der Waals surface area (Å²) >= 11 is 0. The Morgan fingerprint density at radius 3 is 2.18 bits per heavy atom. The Labute approximate surface area is 201 Å². The average molecular weight is 488 g/mol. The predicted molar refractivity (Wildman–Crippen MR) is 133 cm³/mol. The molecule has 1 N–H and O–H groups in total. The highest BCUT2D eigenvalue weighted by Gasteiger charge is 2.31. The lowest BCUT2D eigenvalue weighted by Gasteiger charge is -2.33. The number of methoxy groups -OCH3 is 2. The van der Waals surface area contributed by atoms with Crippen LogP contribution in [0.3, 0.4) is 0 Å². The quantitative estimate of drug-likeness (QED) is 0.632. The molecule has 0 saturated carbocycles. The molecular formula is C25H33N3O5S. The zero-order valence-electron chi connectivity index (χ0n) is 19.9. The molecule has 2 heterocycles. The Balaban J connectivity index is 1.70. The van der Waals surface area contributed by atoms with Crippen LogP contribution in [0.25, 0.3) is 0 Å². The second kappa shape index (κ2) is 10.7. The molecule has 9 heteroatoms. The van der Waals surface area contributed by atoms with Gasteiger partial charge in [0, 0.05) is 37.8 Å². The van der Waals surface area contributed by atoms with Crippen LogP contribution in [0.2, 0.25) is 0 Å². The molecule has 2 fully saturated rings. The minimum absolute atomic E-state index is 0.210. The van der Waals surface area contributed by atoms with E-state index in [1.54, 1.807) is 41.7 Å². The van der Waals surface area contributed by atoms with E-state index in [0.29, 0.717) is 36.0 Å². The Hall–Kier alpha value is -2.78. The predicted octanol–water partition coefficient (Wildman–Crippen LogP) is 4.12. The summed E-state index contributed by atoms with van der Waals surface area (Å²) in [4.78, 5) is 15.5. The average Bonchev–Trinajstić information content (AvgIpc) is 2.89. The van der Waals surface area contributed by atoms with Gasteiger partial charge in [0.25, 0.3) is 5.91 Å². The molecule has 0 aliphatic carbocycles. The van der Waals surface area contributed by atoms with Crippen molar-refractivity contribution in [2.75, 3.05) is 50.6 Å². The van der Waals surface area contributed by atoms with Crippen LogP contribution in [0.5, 0.6) is 11.5 Å². The molecule has 2 aromatic rings. The van der Waals surface area contributed by atoms with Crippen molar-refractivity contribution in [1.29, 1.82) is 0 Å². The number of benzene rings is 2. The second-order valence-corrected chi connectivity index (χ2v) is 10.6. The van der Waals surface area contributed by atoms with Crippen LogP contribution >= 0.6 is 0 Å². The standard InChI is InChI=1S/C25H33N3O5S/c1-32-20-10-12-23(33-2)21(18-20)26-25(29)19-9-11-22(27-13-5-3-6-14-27)24(17-19)34(30,31)28-15-7-4-8-16-28/h9-12,17-18H,3-8,13-16H2,1-2H3,(H,26,29). The first-order valence-corrected chi connectivity index (χ1v) is 13.3. The van der Waals surface area contributed by atoms with Gasteiger partial charge in [-0.05, 0) is 62.4 Å². The number of sulfonamides is 1. The zero-order chi connectivity index (χ0) is 24.1. The van der Waals surface area contributed by atoms with Crippen molar-refractivity contribution >= 4 is 27.3 Å². The van der Waals surface area contributed by atoms with Crippen LogP contribution < -0.4 is 19.7 Å². The van der Waals surface area contributed by atoms with Crippen molar-refractivity contribution in [1.82, 2.24) is 4.31 Å². The van der Waals surface area contributed by atoms with E-state index in [1.165, 1.54) is 13.2 Å². The second-order valence-electron chi connectivity index (χ2n) is 8.72. The smallest absolute Gasteiger partial charge is 0.255 e. The van der Waals surface area contributed by atoms with Crippen molar-refractivity contribution in [3.63, 3.8) is 0 Å². The van der Waals surface area contributed by atoms with Gasteiger partial charge in [0.1, 0.15) is 16.4 Å². The van der Waals surface area contributed by atoms with E-state index in [2.05, 4.69) is 10.2 Å². The highest BCUT2D eigenvalue weighted by atomic mass is 32.2. The Bertz CT molecular complexity index is 1120. The molecule has 2 saturated heterocycles. The number of hydrogen-bond donors (Lipinski definition) is 1. The van der Waals surface area contributed by atoms with E-state index >= 15 is 0 Å². The minimum atomic E-state index is -3.73. The maximum Gasteiger partial charge on any atom is 0.255 e. The molecule has 0 spiro atoms. The monoisotopic (exact) mass is 487 g/mol. The Kier molecular flexibility index (Phi) is 7.63. The summed E-state index contributed by atoms with van der Waals surface area (Å²) in [5.41, 5.74) is 1.41. The highest BCUT2D eigenvalue weighted by Crippen LogP contribution is 2.33. The summed E-state index contributed by atoms with van der Waals surface area (Å²) in [6, 6.07) is 10.1. The normalized spacial score (nSPS) is 17.3. The van der Waals surface area contributed by atoms with Gasteiger partial charge in [-0.1, -0.05) is 6.42 Å². The molecule has 2 aliphatic rings. The fraction of sp³-hybridized carbons (Fsp3) is 0.480. The first kappa shape index (κ1) is 24.3. The lowest BCUT2D eigenvalue weighted by atomic mass is 10.1. The Morgan fingerprint density at radius 2 is 1.53 bits per heavy atom. The van der Waals surface area contributed by atoms with Gasteiger partial charge in [0.2, 0.25) is 10.0 Å². The highest BCUT2D eigenvalue weighted by molar-refractivity contribution is 7.89. The number of hydrogen-bond acceptors (Lipinski definition) is 6. The van der Waals surface area contributed by atoms with Gasteiger partial charge >= 0.3 is 0 Å². The van der Waals surface area contributed by atoms with Crippen LogP contribution in [0.15, 0.2) is 41.3 Å². The molecule has 34 heavy (non-hydrogen) atoms. The molecule has 8 nitrogen and oxygen atoms in total. The summed E-state index contributed by atoms with van der Waals surface area (Å²) in [6.45, 7) is 2.66. The maximum absolute atomic E-state index is 13.7. The summed E-state index contributed by atoms with van der Waals surface area (Å²) in [5, 5.41) is 2.84. The molecule has 0 bridgehead atoms. The van der Waals surface area contributed by atoms with Crippen LogP contribution in [-0.4, -0.2) is 59.0 Å². The number of nitrogens with zero attached hydrogens (tertiary/aromatic N) is 2. The van der Waals surface area contributed by atoms with Crippen molar-refractivity contribution in [3.05, 3.63) is 42.0 Å². The third-order valence-electron chi connectivity index (χ3n) is 6.51. The van der Waals surface area contributed by atoms with Gasteiger partial charge in [-0.3, -0.25) is 4.79 Å². The van der Waals surface area contributed by atoms with E-state index in [1.807, 2.05) is 0 Å². The SMILES string of the molecule is COc1ccc(OC)c(NC(=O)c2ccc(N3CCCCC3)c(S(=O)(=O)N3CCCCC3)c2)c1. The third-order valence-corrected chi connectivity index (χ3v) is 8.43. The van der Waals surface area contributed by atoms with E-state index in [-0.39, 0.29) is 10.5 Å².